The lowest BCUT2D eigenvalue weighted by atomic mass is 9.92. The fraction of sp³-hybridized carbons (Fsp3) is 0.143. The summed E-state index contributed by atoms with van der Waals surface area (Å²) in [4.78, 5) is 44.3. The maximum absolute atomic E-state index is 14.1. The standard InChI is InChI=1S/C21H17F2N5O3/c1-10-2-7-15(14(23)8-10)25-19(30)13-9-16(29)26-18-17(13)20(31)28-21(27-18)24-12-5-3-11(22)4-6-12/h2-8,13H,9H2,1H3,(H,25,30)(H3,24,26,27,28,29,31). The van der Waals surface area contributed by atoms with Gasteiger partial charge in [0.25, 0.3) is 5.56 Å². The van der Waals surface area contributed by atoms with Gasteiger partial charge in [-0.3, -0.25) is 19.4 Å². The Morgan fingerprint density at radius 1 is 1.13 bits per heavy atom. The summed E-state index contributed by atoms with van der Waals surface area (Å²) in [7, 11) is 0. The Morgan fingerprint density at radius 2 is 1.87 bits per heavy atom. The van der Waals surface area contributed by atoms with E-state index in [-0.39, 0.29) is 29.4 Å². The van der Waals surface area contributed by atoms with E-state index in [0.29, 0.717) is 11.3 Å². The molecule has 0 saturated carbocycles. The smallest absolute Gasteiger partial charge is 0.258 e. The molecule has 0 radical (unpaired) electrons. The third kappa shape index (κ3) is 4.27. The molecule has 1 atom stereocenters. The van der Waals surface area contributed by atoms with Crippen LogP contribution in [0.1, 0.15) is 23.5 Å². The molecule has 0 fully saturated rings. The number of benzene rings is 2. The number of aromatic amines is 1. The van der Waals surface area contributed by atoms with Crippen LogP contribution < -0.4 is 21.5 Å². The number of aryl methyl sites for hydroxylation is 1. The third-order valence-corrected chi connectivity index (χ3v) is 4.76. The second-order valence-corrected chi connectivity index (χ2v) is 7.09. The normalized spacial score (nSPS) is 15.1. The number of rotatable bonds is 4. The van der Waals surface area contributed by atoms with Crippen LogP contribution in [-0.2, 0) is 9.59 Å². The highest BCUT2D eigenvalue weighted by molar-refractivity contribution is 6.04. The first-order chi connectivity index (χ1) is 14.8. The van der Waals surface area contributed by atoms with Gasteiger partial charge in [0.15, 0.2) is 0 Å². The molecule has 1 unspecified atom stereocenters. The molecule has 2 amide bonds. The van der Waals surface area contributed by atoms with Gasteiger partial charge in [-0.1, -0.05) is 6.07 Å². The highest BCUT2D eigenvalue weighted by Crippen LogP contribution is 2.30. The molecule has 2 heterocycles. The van der Waals surface area contributed by atoms with Crippen molar-refractivity contribution in [2.45, 2.75) is 19.3 Å². The molecule has 0 spiro atoms. The fourth-order valence-corrected chi connectivity index (χ4v) is 3.27. The summed E-state index contributed by atoms with van der Waals surface area (Å²) in [5, 5.41) is 7.71. The lowest BCUT2D eigenvalue weighted by Crippen LogP contribution is -2.36. The third-order valence-electron chi connectivity index (χ3n) is 4.76. The van der Waals surface area contributed by atoms with Gasteiger partial charge in [0.05, 0.1) is 17.2 Å². The lowest BCUT2D eigenvalue weighted by molar-refractivity contribution is -0.123. The number of halogens is 2. The number of amides is 2. The molecule has 158 valence electrons. The molecule has 31 heavy (non-hydrogen) atoms. The molecule has 4 rings (SSSR count). The van der Waals surface area contributed by atoms with E-state index in [9.17, 15) is 23.2 Å². The summed E-state index contributed by atoms with van der Waals surface area (Å²) < 4.78 is 27.2. The van der Waals surface area contributed by atoms with Gasteiger partial charge in [0.1, 0.15) is 17.5 Å². The Labute approximate surface area is 174 Å². The number of carbonyl (C=O) groups excluding carboxylic acids is 2. The van der Waals surface area contributed by atoms with Crippen molar-refractivity contribution in [2.24, 2.45) is 0 Å². The zero-order valence-corrected chi connectivity index (χ0v) is 16.3. The van der Waals surface area contributed by atoms with Crippen molar-refractivity contribution in [3.8, 4) is 0 Å². The van der Waals surface area contributed by atoms with Crippen LogP contribution >= 0.6 is 0 Å². The summed E-state index contributed by atoms with van der Waals surface area (Å²) in [6, 6.07) is 9.64. The zero-order chi connectivity index (χ0) is 22.1. The molecule has 1 aromatic heterocycles. The van der Waals surface area contributed by atoms with Crippen molar-refractivity contribution in [3.63, 3.8) is 0 Å². The fourth-order valence-electron chi connectivity index (χ4n) is 3.27. The largest absolute Gasteiger partial charge is 0.326 e. The number of aromatic nitrogens is 2. The second kappa shape index (κ2) is 7.98. The number of carbonyl (C=O) groups is 2. The molecular weight excluding hydrogens is 408 g/mol. The van der Waals surface area contributed by atoms with Crippen molar-refractivity contribution >= 4 is 35.0 Å². The summed E-state index contributed by atoms with van der Waals surface area (Å²) in [6.45, 7) is 1.71. The van der Waals surface area contributed by atoms with Crippen LogP contribution in [0.15, 0.2) is 47.3 Å². The second-order valence-electron chi connectivity index (χ2n) is 7.09. The molecular formula is C21H17F2N5O3. The lowest BCUT2D eigenvalue weighted by Gasteiger charge is -2.23. The van der Waals surface area contributed by atoms with Crippen molar-refractivity contribution in [2.75, 3.05) is 16.0 Å². The Hall–Kier alpha value is -4.08. The molecule has 0 aliphatic carbocycles. The molecule has 1 aliphatic heterocycles. The molecule has 0 bridgehead atoms. The minimum absolute atomic E-state index is 0.00120. The SMILES string of the molecule is Cc1ccc(NC(=O)C2CC(=O)Nc3nc(Nc4ccc(F)cc4)[nH]c(=O)c32)c(F)c1. The van der Waals surface area contributed by atoms with Crippen LogP contribution in [0.2, 0.25) is 0 Å². The van der Waals surface area contributed by atoms with Crippen LogP contribution in [0.5, 0.6) is 0 Å². The number of hydrogen-bond donors (Lipinski definition) is 4. The predicted octanol–water partition coefficient (Wildman–Crippen LogP) is 3.16. The van der Waals surface area contributed by atoms with E-state index >= 15 is 0 Å². The first kappa shape index (κ1) is 20.2. The average molecular weight is 425 g/mol. The molecule has 3 aromatic rings. The summed E-state index contributed by atoms with van der Waals surface area (Å²) in [5.74, 6) is -3.49. The minimum Gasteiger partial charge on any atom is -0.326 e. The van der Waals surface area contributed by atoms with E-state index in [0.717, 1.165) is 0 Å². The Kier molecular flexibility index (Phi) is 5.20. The van der Waals surface area contributed by atoms with E-state index in [2.05, 4.69) is 25.9 Å². The van der Waals surface area contributed by atoms with Gasteiger partial charge in [-0.25, -0.2) is 8.78 Å². The molecule has 1 aliphatic rings. The number of anilines is 4. The number of H-pyrrole nitrogens is 1. The van der Waals surface area contributed by atoms with Crippen molar-refractivity contribution in [1.29, 1.82) is 0 Å². The van der Waals surface area contributed by atoms with Crippen LogP contribution in [0.25, 0.3) is 0 Å². The quantitative estimate of drug-likeness (QED) is 0.513. The summed E-state index contributed by atoms with van der Waals surface area (Å²) in [5.41, 5.74) is 0.408. The van der Waals surface area contributed by atoms with E-state index in [1.54, 1.807) is 13.0 Å². The maximum atomic E-state index is 14.1. The van der Waals surface area contributed by atoms with Crippen LogP contribution in [0, 0.1) is 18.6 Å². The van der Waals surface area contributed by atoms with Crippen molar-refractivity contribution in [1.82, 2.24) is 9.97 Å². The molecule has 4 N–H and O–H groups in total. The van der Waals surface area contributed by atoms with E-state index < -0.39 is 34.9 Å². The topological polar surface area (TPSA) is 116 Å². The van der Waals surface area contributed by atoms with E-state index in [1.165, 1.54) is 36.4 Å². The van der Waals surface area contributed by atoms with Crippen molar-refractivity contribution < 1.29 is 18.4 Å². The van der Waals surface area contributed by atoms with Gasteiger partial charge in [0, 0.05) is 12.1 Å². The molecule has 2 aromatic carbocycles. The van der Waals surface area contributed by atoms with Crippen molar-refractivity contribution in [3.05, 3.63) is 75.6 Å². The Morgan fingerprint density at radius 3 is 2.58 bits per heavy atom. The van der Waals surface area contributed by atoms with E-state index in [4.69, 9.17) is 0 Å². The number of fused-ring (bicyclic) bond motifs is 1. The highest BCUT2D eigenvalue weighted by Gasteiger charge is 2.35. The number of nitrogens with one attached hydrogen (secondary N) is 4. The highest BCUT2D eigenvalue weighted by atomic mass is 19.1. The predicted molar refractivity (Wildman–Crippen MR) is 110 cm³/mol. The van der Waals surface area contributed by atoms with Gasteiger partial charge in [-0.05, 0) is 48.9 Å². The summed E-state index contributed by atoms with van der Waals surface area (Å²) >= 11 is 0. The van der Waals surface area contributed by atoms with Crippen LogP contribution in [0.4, 0.5) is 31.9 Å². The maximum Gasteiger partial charge on any atom is 0.258 e. The zero-order valence-electron chi connectivity index (χ0n) is 16.3. The van der Waals surface area contributed by atoms with Gasteiger partial charge in [-0.2, -0.15) is 4.98 Å². The first-order valence-corrected chi connectivity index (χ1v) is 9.34. The minimum atomic E-state index is -1.15. The Balaban J connectivity index is 1.64. The molecule has 10 heteroatoms. The molecule has 8 nitrogen and oxygen atoms in total. The first-order valence-electron chi connectivity index (χ1n) is 9.34. The Bertz CT molecular complexity index is 1240. The van der Waals surface area contributed by atoms with Crippen LogP contribution in [-0.4, -0.2) is 21.8 Å². The summed E-state index contributed by atoms with van der Waals surface area (Å²) in [6.07, 6.45) is -0.290. The number of nitrogens with zero attached hydrogens (tertiary/aromatic N) is 1. The number of hydrogen-bond acceptors (Lipinski definition) is 5. The van der Waals surface area contributed by atoms with Crippen LogP contribution in [0.3, 0.4) is 0 Å². The van der Waals surface area contributed by atoms with Gasteiger partial charge in [0.2, 0.25) is 17.8 Å². The monoisotopic (exact) mass is 425 g/mol. The van der Waals surface area contributed by atoms with E-state index in [1.807, 2.05) is 0 Å². The van der Waals surface area contributed by atoms with Gasteiger partial charge >= 0.3 is 0 Å². The molecule has 0 saturated heterocycles. The average Bonchev–Trinajstić information content (AvgIpc) is 2.71. The van der Waals surface area contributed by atoms with Gasteiger partial charge in [-0.15, -0.1) is 0 Å². The van der Waals surface area contributed by atoms with Gasteiger partial charge < -0.3 is 16.0 Å².